The highest BCUT2D eigenvalue weighted by atomic mass is 32.2. The zero-order valence-corrected chi connectivity index (χ0v) is 14.1. The predicted octanol–water partition coefficient (Wildman–Crippen LogP) is -0.0889. The number of hydrogen-bond donors (Lipinski definition) is 1. The second-order valence-electron chi connectivity index (χ2n) is 5.39. The molecular formula is C14H24N4O3S. The molecule has 1 heterocycles. The monoisotopic (exact) mass is 328 g/mol. The summed E-state index contributed by atoms with van der Waals surface area (Å²) in [6, 6.07) is 3.59. The van der Waals surface area contributed by atoms with Crippen LogP contribution in [0.3, 0.4) is 0 Å². The first-order valence-electron chi connectivity index (χ1n) is 7.04. The molecule has 0 bridgehead atoms. The van der Waals surface area contributed by atoms with Crippen LogP contribution in [0.2, 0.25) is 0 Å². The Balaban J connectivity index is 2.49. The fourth-order valence-electron chi connectivity index (χ4n) is 1.84. The molecule has 0 fully saturated rings. The Morgan fingerprint density at radius 1 is 1.23 bits per heavy atom. The van der Waals surface area contributed by atoms with Crippen LogP contribution in [0.4, 0.5) is 0 Å². The summed E-state index contributed by atoms with van der Waals surface area (Å²) in [6.07, 6.45) is 5.09. The maximum atomic E-state index is 11.9. The average molecular weight is 328 g/mol. The number of pyridine rings is 1. The van der Waals surface area contributed by atoms with E-state index in [4.69, 9.17) is 0 Å². The molecule has 0 atom stereocenters. The number of rotatable bonds is 9. The molecule has 0 saturated heterocycles. The molecule has 1 aromatic rings. The van der Waals surface area contributed by atoms with Gasteiger partial charge in [-0.2, -0.15) is 4.31 Å². The highest BCUT2D eigenvalue weighted by Gasteiger charge is 2.19. The summed E-state index contributed by atoms with van der Waals surface area (Å²) in [5, 5.41) is 2.72. The van der Waals surface area contributed by atoms with Gasteiger partial charge in [0.15, 0.2) is 0 Å². The van der Waals surface area contributed by atoms with Crippen LogP contribution in [-0.2, 0) is 21.4 Å². The molecule has 0 spiro atoms. The molecular weight excluding hydrogens is 304 g/mol. The van der Waals surface area contributed by atoms with Crippen LogP contribution in [0, 0.1) is 0 Å². The third kappa shape index (κ3) is 7.48. The Morgan fingerprint density at radius 2 is 1.86 bits per heavy atom. The Kier molecular flexibility index (Phi) is 7.43. The summed E-state index contributed by atoms with van der Waals surface area (Å²) in [5.74, 6) is -0.313. The van der Waals surface area contributed by atoms with Gasteiger partial charge in [0.1, 0.15) is 0 Å². The maximum absolute atomic E-state index is 11.9. The third-order valence-electron chi connectivity index (χ3n) is 3.04. The Hall–Kier alpha value is -1.51. The van der Waals surface area contributed by atoms with Gasteiger partial charge in [-0.25, -0.2) is 8.42 Å². The van der Waals surface area contributed by atoms with Crippen molar-refractivity contribution < 1.29 is 13.2 Å². The fourth-order valence-corrected chi connectivity index (χ4v) is 2.66. The molecule has 8 heteroatoms. The van der Waals surface area contributed by atoms with Crippen molar-refractivity contribution in [3.63, 3.8) is 0 Å². The molecule has 0 aliphatic heterocycles. The lowest BCUT2D eigenvalue weighted by molar-refractivity contribution is -0.121. The van der Waals surface area contributed by atoms with E-state index < -0.39 is 10.0 Å². The standard InChI is InChI=1S/C14H24N4O3S/c1-17(2)9-4-10-18(22(3,20)21)12-14(19)16-11-13-5-7-15-8-6-13/h5-8H,4,9-12H2,1-3H3,(H,16,19). The van der Waals surface area contributed by atoms with E-state index in [1.807, 2.05) is 19.0 Å². The number of sulfonamides is 1. The summed E-state index contributed by atoms with van der Waals surface area (Å²) in [5.41, 5.74) is 0.918. The summed E-state index contributed by atoms with van der Waals surface area (Å²) in [4.78, 5) is 17.8. The van der Waals surface area contributed by atoms with Gasteiger partial charge in [-0.15, -0.1) is 0 Å². The molecule has 0 unspecified atom stereocenters. The van der Waals surface area contributed by atoms with Gasteiger partial charge in [-0.1, -0.05) is 0 Å². The first-order valence-corrected chi connectivity index (χ1v) is 8.89. The smallest absolute Gasteiger partial charge is 0.235 e. The van der Waals surface area contributed by atoms with Gasteiger partial charge in [0.05, 0.1) is 12.8 Å². The van der Waals surface area contributed by atoms with Crippen LogP contribution in [0.5, 0.6) is 0 Å². The van der Waals surface area contributed by atoms with E-state index in [-0.39, 0.29) is 12.5 Å². The average Bonchev–Trinajstić information content (AvgIpc) is 2.44. The van der Waals surface area contributed by atoms with E-state index in [9.17, 15) is 13.2 Å². The summed E-state index contributed by atoms with van der Waals surface area (Å²) in [6.45, 7) is 1.30. The van der Waals surface area contributed by atoms with Crippen molar-refractivity contribution in [3.8, 4) is 0 Å². The van der Waals surface area contributed by atoms with Crippen LogP contribution >= 0.6 is 0 Å². The molecule has 1 amide bonds. The van der Waals surface area contributed by atoms with Crippen molar-refractivity contribution >= 4 is 15.9 Å². The van der Waals surface area contributed by atoms with Crippen molar-refractivity contribution in [2.45, 2.75) is 13.0 Å². The van der Waals surface area contributed by atoms with Gasteiger partial charge < -0.3 is 10.2 Å². The van der Waals surface area contributed by atoms with E-state index in [2.05, 4.69) is 10.3 Å². The van der Waals surface area contributed by atoms with Gasteiger partial charge >= 0.3 is 0 Å². The molecule has 0 aromatic carbocycles. The number of hydrogen-bond acceptors (Lipinski definition) is 5. The van der Waals surface area contributed by atoms with Crippen LogP contribution in [-0.4, -0.2) is 68.5 Å². The molecule has 124 valence electrons. The lowest BCUT2D eigenvalue weighted by Gasteiger charge is -2.20. The zero-order valence-electron chi connectivity index (χ0n) is 13.3. The fraction of sp³-hybridized carbons (Fsp3) is 0.571. The molecule has 7 nitrogen and oxygen atoms in total. The summed E-state index contributed by atoms with van der Waals surface area (Å²) < 4.78 is 24.7. The Morgan fingerprint density at radius 3 is 2.41 bits per heavy atom. The highest BCUT2D eigenvalue weighted by Crippen LogP contribution is 2.01. The molecule has 1 rings (SSSR count). The van der Waals surface area contributed by atoms with Crippen molar-refractivity contribution in [3.05, 3.63) is 30.1 Å². The predicted molar refractivity (Wildman–Crippen MR) is 85.7 cm³/mol. The largest absolute Gasteiger partial charge is 0.351 e. The van der Waals surface area contributed by atoms with E-state index in [0.717, 1.165) is 18.4 Å². The first-order chi connectivity index (χ1) is 10.3. The van der Waals surface area contributed by atoms with Crippen molar-refractivity contribution in [1.29, 1.82) is 0 Å². The molecule has 1 N–H and O–H groups in total. The second-order valence-corrected chi connectivity index (χ2v) is 7.37. The lowest BCUT2D eigenvalue weighted by atomic mass is 10.3. The minimum Gasteiger partial charge on any atom is -0.351 e. The topological polar surface area (TPSA) is 82.6 Å². The normalized spacial score (nSPS) is 11.9. The summed E-state index contributed by atoms with van der Waals surface area (Å²) >= 11 is 0. The molecule has 0 aliphatic rings. The number of carbonyl (C=O) groups is 1. The SMILES string of the molecule is CN(C)CCCN(CC(=O)NCc1ccncc1)S(C)(=O)=O. The van der Waals surface area contributed by atoms with E-state index in [1.165, 1.54) is 4.31 Å². The van der Waals surface area contributed by atoms with Crippen LogP contribution < -0.4 is 5.32 Å². The number of aromatic nitrogens is 1. The van der Waals surface area contributed by atoms with E-state index in [1.54, 1.807) is 24.5 Å². The van der Waals surface area contributed by atoms with Gasteiger partial charge in [0, 0.05) is 25.5 Å². The van der Waals surface area contributed by atoms with Crippen LogP contribution in [0.15, 0.2) is 24.5 Å². The molecule has 22 heavy (non-hydrogen) atoms. The molecule has 0 saturated carbocycles. The second kappa shape index (κ2) is 8.82. The molecule has 0 radical (unpaired) electrons. The van der Waals surface area contributed by atoms with Crippen molar-refractivity contribution in [2.75, 3.05) is 40.0 Å². The van der Waals surface area contributed by atoms with Gasteiger partial charge in [0.25, 0.3) is 0 Å². The van der Waals surface area contributed by atoms with E-state index >= 15 is 0 Å². The minimum atomic E-state index is -3.40. The molecule has 1 aromatic heterocycles. The van der Waals surface area contributed by atoms with Crippen LogP contribution in [0.1, 0.15) is 12.0 Å². The highest BCUT2D eigenvalue weighted by molar-refractivity contribution is 7.88. The summed E-state index contributed by atoms with van der Waals surface area (Å²) in [7, 11) is 0.449. The van der Waals surface area contributed by atoms with Crippen molar-refractivity contribution in [1.82, 2.24) is 19.5 Å². The van der Waals surface area contributed by atoms with Crippen LogP contribution in [0.25, 0.3) is 0 Å². The quantitative estimate of drug-likeness (QED) is 0.685. The number of nitrogens with zero attached hydrogens (tertiary/aromatic N) is 3. The van der Waals surface area contributed by atoms with Crippen molar-refractivity contribution in [2.24, 2.45) is 0 Å². The third-order valence-corrected chi connectivity index (χ3v) is 4.29. The van der Waals surface area contributed by atoms with Gasteiger partial charge in [-0.05, 0) is 44.8 Å². The first kappa shape index (κ1) is 18.5. The molecule has 0 aliphatic carbocycles. The Bertz CT molecular complexity index is 561. The number of nitrogens with one attached hydrogen (secondary N) is 1. The number of amides is 1. The maximum Gasteiger partial charge on any atom is 0.235 e. The van der Waals surface area contributed by atoms with E-state index in [0.29, 0.717) is 19.5 Å². The number of carbonyl (C=O) groups excluding carboxylic acids is 1. The van der Waals surface area contributed by atoms with Gasteiger partial charge in [0.2, 0.25) is 15.9 Å². The minimum absolute atomic E-state index is 0.155. The van der Waals surface area contributed by atoms with Gasteiger partial charge in [-0.3, -0.25) is 9.78 Å². The lowest BCUT2D eigenvalue weighted by Crippen LogP contribution is -2.41. The Labute approximate surface area is 132 Å². The zero-order chi connectivity index (χ0) is 16.6.